The van der Waals surface area contributed by atoms with E-state index in [1.807, 2.05) is 53.6 Å². The lowest BCUT2D eigenvalue weighted by Gasteiger charge is -2.22. The van der Waals surface area contributed by atoms with E-state index in [2.05, 4.69) is 0 Å². The van der Waals surface area contributed by atoms with Gasteiger partial charge in [-0.3, -0.25) is 14.4 Å². The number of aryl methyl sites for hydroxylation is 1. The van der Waals surface area contributed by atoms with Crippen molar-refractivity contribution in [1.29, 1.82) is 0 Å². The second-order valence-corrected chi connectivity index (χ2v) is 8.19. The Balaban J connectivity index is 1.46. The van der Waals surface area contributed by atoms with Gasteiger partial charge in [0.15, 0.2) is 5.78 Å². The van der Waals surface area contributed by atoms with Crippen molar-refractivity contribution in [3.8, 4) is 0 Å². The summed E-state index contributed by atoms with van der Waals surface area (Å²) in [5.74, 6) is 0.107. The smallest absolute Gasteiger partial charge is 0.227 e. The average Bonchev–Trinajstić information content (AvgIpc) is 3.07. The monoisotopic (exact) mass is 398 g/mol. The summed E-state index contributed by atoms with van der Waals surface area (Å²) < 4.78 is 0. The van der Waals surface area contributed by atoms with Gasteiger partial charge in [-0.05, 0) is 24.8 Å². The van der Waals surface area contributed by atoms with Crippen LogP contribution in [0.5, 0.6) is 0 Å². The fourth-order valence-corrected chi connectivity index (χ4v) is 4.05. The Kier molecular flexibility index (Phi) is 6.98. The van der Waals surface area contributed by atoms with Gasteiger partial charge in [-0.2, -0.15) is 0 Å². The van der Waals surface area contributed by atoms with Crippen molar-refractivity contribution < 1.29 is 14.4 Å². The molecule has 1 aromatic carbocycles. The van der Waals surface area contributed by atoms with Crippen LogP contribution < -0.4 is 0 Å². The topological polar surface area (TPSA) is 57.7 Å². The normalized spacial score (nSPS) is 14.6. The molecule has 0 bridgehead atoms. The molecule has 1 aromatic heterocycles. The van der Waals surface area contributed by atoms with Crippen LogP contribution in [0.15, 0.2) is 41.8 Å². The minimum atomic E-state index is -0.00647. The first-order valence-electron chi connectivity index (χ1n) is 9.71. The summed E-state index contributed by atoms with van der Waals surface area (Å²) in [6.45, 7) is 4.39. The Bertz CT molecular complexity index is 815. The van der Waals surface area contributed by atoms with Crippen molar-refractivity contribution in [3.05, 3.63) is 57.8 Å². The molecule has 6 heteroatoms. The van der Waals surface area contributed by atoms with Gasteiger partial charge in [0.05, 0.1) is 6.42 Å². The van der Waals surface area contributed by atoms with Crippen LogP contribution in [0, 0.1) is 6.92 Å². The lowest BCUT2D eigenvalue weighted by Crippen LogP contribution is -2.38. The van der Waals surface area contributed by atoms with Gasteiger partial charge < -0.3 is 9.80 Å². The summed E-state index contributed by atoms with van der Waals surface area (Å²) in [6.07, 6.45) is 1.64. The molecule has 0 atom stereocenters. The number of hydrogen-bond donors (Lipinski definition) is 0. The number of carbonyl (C=O) groups excluding carboxylic acids is 3. The SMILES string of the molecule is Cc1ccc(C(=O)CCC(=O)N2CCCN(C(=O)Cc3cccs3)CC2)cc1. The highest BCUT2D eigenvalue weighted by molar-refractivity contribution is 7.10. The lowest BCUT2D eigenvalue weighted by molar-refractivity contribution is -0.133. The van der Waals surface area contributed by atoms with Gasteiger partial charge >= 0.3 is 0 Å². The summed E-state index contributed by atoms with van der Waals surface area (Å²) in [7, 11) is 0. The van der Waals surface area contributed by atoms with E-state index in [1.165, 1.54) is 0 Å². The third-order valence-electron chi connectivity index (χ3n) is 5.05. The number of carbonyl (C=O) groups is 3. The molecule has 0 spiro atoms. The van der Waals surface area contributed by atoms with Crippen LogP contribution in [0.2, 0.25) is 0 Å². The van der Waals surface area contributed by atoms with Crippen LogP contribution in [0.1, 0.15) is 40.1 Å². The minimum absolute atomic E-state index is 0.00377. The molecule has 2 heterocycles. The summed E-state index contributed by atoms with van der Waals surface area (Å²) in [4.78, 5) is 42.0. The fourth-order valence-electron chi connectivity index (χ4n) is 3.35. The van der Waals surface area contributed by atoms with Gasteiger partial charge in [0.1, 0.15) is 0 Å². The Morgan fingerprint density at radius 2 is 1.57 bits per heavy atom. The molecule has 2 aromatic rings. The number of amides is 2. The molecule has 0 N–H and O–H groups in total. The molecule has 1 aliphatic heterocycles. The summed E-state index contributed by atoms with van der Waals surface area (Å²) in [5, 5.41) is 1.98. The maximum atomic E-state index is 12.5. The summed E-state index contributed by atoms with van der Waals surface area (Å²) >= 11 is 1.59. The molecule has 1 aliphatic rings. The van der Waals surface area contributed by atoms with Crippen molar-refractivity contribution >= 4 is 28.9 Å². The molecular formula is C22H26N2O3S. The van der Waals surface area contributed by atoms with E-state index in [-0.39, 0.29) is 30.4 Å². The molecule has 0 radical (unpaired) electrons. The number of nitrogens with zero attached hydrogens (tertiary/aromatic N) is 2. The van der Waals surface area contributed by atoms with E-state index in [4.69, 9.17) is 0 Å². The molecule has 28 heavy (non-hydrogen) atoms. The summed E-state index contributed by atoms with van der Waals surface area (Å²) in [6, 6.07) is 11.4. The molecule has 0 unspecified atom stereocenters. The second kappa shape index (κ2) is 9.64. The van der Waals surface area contributed by atoms with Gasteiger partial charge in [-0.1, -0.05) is 35.9 Å². The van der Waals surface area contributed by atoms with Crippen molar-refractivity contribution in [2.24, 2.45) is 0 Å². The van der Waals surface area contributed by atoms with E-state index < -0.39 is 0 Å². The quantitative estimate of drug-likeness (QED) is 0.702. The molecule has 3 rings (SSSR count). The predicted molar refractivity (Wildman–Crippen MR) is 111 cm³/mol. The van der Waals surface area contributed by atoms with Crippen LogP contribution in [-0.4, -0.2) is 53.6 Å². The molecule has 1 fully saturated rings. The summed E-state index contributed by atoms with van der Waals surface area (Å²) in [5.41, 5.74) is 1.76. The average molecular weight is 399 g/mol. The van der Waals surface area contributed by atoms with Crippen LogP contribution in [0.4, 0.5) is 0 Å². The van der Waals surface area contributed by atoms with Gasteiger partial charge in [-0.15, -0.1) is 11.3 Å². The van der Waals surface area contributed by atoms with Gasteiger partial charge in [0.2, 0.25) is 11.8 Å². The van der Waals surface area contributed by atoms with E-state index >= 15 is 0 Å². The van der Waals surface area contributed by atoms with E-state index in [0.717, 1.165) is 16.9 Å². The second-order valence-electron chi connectivity index (χ2n) is 7.16. The first-order valence-corrected chi connectivity index (χ1v) is 10.6. The Morgan fingerprint density at radius 1 is 0.893 bits per heavy atom. The molecule has 148 valence electrons. The molecule has 2 amide bonds. The minimum Gasteiger partial charge on any atom is -0.341 e. The molecule has 0 aliphatic carbocycles. The van der Waals surface area contributed by atoms with Crippen LogP contribution in [-0.2, 0) is 16.0 Å². The van der Waals surface area contributed by atoms with Crippen molar-refractivity contribution in [1.82, 2.24) is 9.80 Å². The van der Waals surface area contributed by atoms with Crippen molar-refractivity contribution in [2.45, 2.75) is 32.6 Å². The van der Waals surface area contributed by atoms with E-state index in [0.29, 0.717) is 38.2 Å². The zero-order valence-electron chi connectivity index (χ0n) is 16.2. The van der Waals surface area contributed by atoms with Crippen LogP contribution in [0.3, 0.4) is 0 Å². The van der Waals surface area contributed by atoms with E-state index in [1.54, 1.807) is 16.2 Å². The number of rotatable bonds is 6. The maximum absolute atomic E-state index is 12.5. The van der Waals surface area contributed by atoms with Crippen molar-refractivity contribution in [2.75, 3.05) is 26.2 Å². The third kappa shape index (κ3) is 5.52. The highest BCUT2D eigenvalue weighted by atomic mass is 32.1. The van der Waals surface area contributed by atoms with E-state index in [9.17, 15) is 14.4 Å². The van der Waals surface area contributed by atoms with Crippen molar-refractivity contribution in [3.63, 3.8) is 0 Å². The standard InChI is InChI=1S/C22H26N2O3S/c1-17-5-7-18(8-6-17)20(25)9-10-21(26)23-11-3-12-24(14-13-23)22(27)16-19-4-2-15-28-19/h2,4-8,15H,3,9-14,16H2,1H3. The number of thiophene rings is 1. The zero-order chi connectivity index (χ0) is 19.9. The first-order chi connectivity index (χ1) is 13.5. The molecular weight excluding hydrogens is 372 g/mol. The van der Waals surface area contributed by atoms with Gasteiger partial charge in [-0.25, -0.2) is 0 Å². The number of Topliss-reactive ketones (excluding diaryl/α,β-unsaturated/α-hetero) is 1. The van der Waals surface area contributed by atoms with Gasteiger partial charge in [0, 0.05) is 49.5 Å². The highest BCUT2D eigenvalue weighted by Gasteiger charge is 2.22. The number of hydrogen-bond acceptors (Lipinski definition) is 4. The Morgan fingerprint density at radius 3 is 2.21 bits per heavy atom. The third-order valence-corrected chi connectivity index (χ3v) is 5.92. The Hall–Kier alpha value is -2.47. The molecule has 0 saturated carbocycles. The fraction of sp³-hybridized carbons (Fsp3) is 0.409. The molecule has 1 saturated heterocycles. The highest BCUT2D eigenvalue weighted by Crippen LogP contribution is 2.14. The predicted octanol–water partition coefficient (Wildman–Crippen LogP) is 3.32. The van der Waals surface area contributed by atoms with Crippen LogP contribution >= 0.6 is 11.3 Å². The van der Waals surface area contributed by atoms with Crippen LogP contribution in [0.25, 0.3) is 0 Å². The lowest BCUT2D eigenvalue weighted by atomic mass is 10.0. The Labute approximate surface area is 170 Å². The number of benzene rings is 1. The largest absolute Gasteiger partial charge is 0.341 e. The molecule has 5 nitrogen and oxygen atoms in total. The zero-order valence-corrected chi connectivity index (χ0v) is 17.0. The first kappa shape index (κ1) is 20.3. The number of ketones is 1. The maximum Gasteiger partial charge on any atom is 0.227 e. The van der Waals surface area contributed by atoms with Gasteiger partial charge in [0.25, 0.3) is 0 Å².